The third-order valence-corrected chi connectivity index (χ3v) is 3.80. The summed E-state index contributed by atoms with van der Waals surface area (Å²) in [5.74, 6) is -0.104. The fourth-order valence-corrected chi connectivity index (χ4v) is 2.44. The van der Waals surface area contributed by atoms with Crippen LogP contribution < -0.4 is 5.32 Å². The zero-order valence-corrected chi connectivity index (χ0v) is 12.3. The van der Waals surface area contributed by atoms with Gasteiger partial charge in [-0.15, -0.1) is 0 Å². The van der Waals surface area contributed by atoms with Gasteiger partial charge >= 0.3 is 6.18 Å². The molecule has 1 fully saturated rings. The summed E-state index contributed by atoms with van der Waals surface area (Å²) >= 11 is 0. The van der Waals surface area contributed by atoms with Gasteiger partial charge in [0.2, 0.25) is 0 Å². The smallest absolute Gasteiger partial charge is 0.390 e. The Kier molecular flexibility index (Phi) is 5.80. The van der Waals surface area contributed by atoms with Crippen LogP contribution in [0.5, 0.6) is 0 Å². The van der Waals surface area contributed by atoms with Crippen LogP contribution in [0.25, 0.3) is 0 Å². The van der Waals surface area contributed by atoms with Crippen molar-refractivity contribution >= 4 is 0 Å². The molecule has 4 nitrogen and oxygen atoms in total. The first-order valence-corrected chi connectivity index (χ1v) is 7.07. The number of aliphatic hydroxyl groups is 1. The van der Waals surface area contributed by atoms with Crippen molar-refractivity contribution in [2.45, 2.75) is 24.9 Å². The van der Waals surface area contributed by atoms with E-state index in [-0.39, 0.29) is 12.0 Å². The fraction of sp³-hybridized carbons (Fsp3) is 0.600. The van der Waals surface area contributed by atoms with Gasteiger partial charge in [0.1, 0.15) is 6.10 Å². The molecule has 0 amide bonds. The van der Waals surface area contributed by atoms with Crippen LogP contribution in [0.15, 0.2) is 24.3 Å². The molecule has 0 radical (unpaired) electrons. The molecular weight excluding hydrogens is 299 g/mol. The van der Waals surface area contributed by atoms with Crippen molar-refractivity contribution in [2.24, 2.45) is 5.92 Å². The Bertz CT molecular complexity index is 464. The van der Waals surface area contributed by atoms with E-state index in [0.717, 1.165) is 17.7 Å². The molecule has 0 saturated carbocycles. The Hall–Kier alpha value is -1.15. The summed E-state index contributed by atoms with van der Waals surface area (Å²) < 4.78 is 47.9. The Balaban J connectivity index is 1.81. The van der Waals surface area contributed by atoms with Crippen molar-refractivity contribution < 1.29 is 27.8 Å². The molecule has 0 unspecified atom stereocenters. The summed E-state index contributed by atoms with van der Waals surface area (Å²) in [6.45, 7) is 1.73. The third kappa shape index (κ3) is 4.42. The van der Waals surface area contributed by atoms with E-state index in [4.69, 9.17) is 9.47 Å². The second-order valence-electron chi connectivity index (χ2n) is 5.39. The van der Waals surface area contributed by atoms with Gasteiger partial charge in [-0.25, -0.2) is 0 Å². The Morgan fingerprint density at radius 3 is 2.55 bits per heavy atom. The predicted molar refractivity (Wildman–Crippen MR) is 74.3 cm³/mol. The highest BCUT2D eigenvalue weighted by Crippen LogP contribution is 2.29. The van der Waals surface area contributed by atoms with Gasteiger partial charge in [0.05, 0.1) is 24.9 Å². The molecule has 0 aliphatic carbocycles. The van der Waals surface area contributed by atoms with Crippen LogP contribution in [0.2, 0.25) is 0 Å². The molecule has 0 aromatic heterocycles. The van der Waals surface area contributed by atoms with Crippen LogP contribution in [-0.4, -0.2) is 44.2 Å². The van der Waals surface area contributed by atoms with Gasteiger partial charge in [0.15, 0.2) is 0 Å². The molecule has 1 aromatic carbocycles. The SMILES string of the molecule is CO[C@@H]1COC[C@@H](CNCc2ccc(C(F)(F)F)cc2)[C@@H]1O. The first-order chi connectivity index (χ1) is 10.4. The van der Waals surface area contributed by atoms with E-state index in [2.05, 4.69) is 5.32 Å². The topological polar surface area (TPSA) is 50.7 Å². The van der Waals surface area contributed by atoms with Gasteiger partial charge in [0.25, 0.3) is 0 Å². The minimum absolute atomic E-state index is 0.104. The van der Waals surface area contributed by atoms with Crippen LogP contribution in [0.4, 0.5) is 13.2 Å². The van der Waals surface area contributed by atoms with E-state index in [1.54, 1.807) is 0 Å². The lowest BCUT2D eigenvalue weighted by atomic mass is 9.96. The van der Waals surface area contributed by atoms with Gasteiger partial charge in [-0.3, -0.25) is 0 Å². The second-order valence-corrected chi connectivity index (χ2v) is 5.39. The normalized spacial score (nSPS) is 26.1. The Morgan fingerprint density at radius 2 is 1.95 bits per heavy atom. The van der Waals surface area contributed by atoms with Crippen molar-refractivity contribution in [1.29, 1.82) is 0 Å². The minimum Gasteiger partial charge on any atom is -0.390 e. The van der Waals surface area contributed by atoms with Gasteiger partial charge < -0.3 is 19.9 Å². The van der Waals surface area contributed by atoms with Gasteiger partial charge in [0, 0.05) is 26.1 Å². The Morgan fingerprint density at radius 1 is 1.27 bits per heavy atom. The highest BCUT2D eigenvalue weighted by Gasteiger charge is 2.32. The maximum absolute atomic E-state index is 12.5. The molecule has 1 saturated heterocycles. The second kappa shape index (κ2) is 7.41. The molecule has 1 heterocycles. The van der Waals surface area contributed by atoms with E-state index in [1.165, 1.54) is 19.2 Å². The predicted octanol–water partition coefficient (Wildman–Crippen LogP) is 1.82. The van der Waals surface area contributed by atoms with Gasteiger partial charge in [-0.2, -0.15) is 13.2 Å². The molecule has 1 aromatic rings. The van der Waals surface area contributed by atoms with Gasteiger partial charge in [-0.1, -0.05) is 12.1 Å². The van der Waals surface area contributed by atoms with E-state index >= 15 is 0 Å². The molecule has 124 valence electrons. The molecule has 7 heteroatoms. The number of hydrogen-bond donors (Lipinski definition) is 2. The molecule has 1 aliphatic heterocycles. The van der Waals surface area contributed by atoms with Crippen molar-refractivity contribution in [2.75, 3.05) is 26.9 Å². The summed E-state index contributed by atoms with van der Waals surface area (Å²) in [5.41, 5.74) is 0.0952. The summed E-state index contributed by atoms with van der Waals surface area (Å²) in [6.07, 6.45) is -5.27. The number of benzene rings is 1. The van der Waals surface area contributed by atoms with Crippen molar-refractivity contribution in [3.8, 4) is 0 Å². The summed E-state index contributed by atoms with van der Waals surface area (Å²) in [6, 6.07) is 5.02. The highest BCUT2D eigenvalue weighted by molar-refractivity contribution is 5.24. The number of aliphatic hydroxyl groups excluding tert-OH is 1. The largest absolute Gasteiger partial charge is 0.416 e. The van der Waals surface area contributed by atoms with E-state index in [1.807, 2.05) is 0 Å². The van der Waals surface area contributed by atoms with Crippen LogP contribution in [0, 0.1) is 5.92 Å². The summed E-state index contributed by atoms with van der Waals surface area (Å²) in [5, 5.41) is 13.2. The lowest BCUT2D eigenvalue weighted by Crippen LogP contribution is -2.48. The van der Waals surface area contributed by atoms with Crippen molar-refractivity contribution in [3.05, 3.63) is 35.4 Å². The van der Waals surface area contributed by atoms with E-state index in [0.29, 0.717) is 26.3 Å². The first kappa shape index (κ1) is 17.2. The molecule has 1 aliphatic rings. The quantitative estimate of drug-likeness (QED) is 0.869. The zero-order valence-electron chi connectivity index (χ0n) is 12.3. The number of nitrogens with one attached hydrogen (secondary N) is 1. The first-order valence-electron chi connectivity index (χ1n) is 7.07. The minimum atomic E-state index is -4.31. The van der Waals surface area contributed by atoms with Gasteiger partial charge in [-0.05, 0) is 17.7 Å². The van der Waals surface area contributed by atoms with E-state index in [9.17, 15) is 18.3 Å². The zero-order chi connectivity index (χ0) is 16.2. The van der Waals surface area contributed by atoms with Crippen LogP contribution in [0.1, 0.15) is 11.1 Å². The van der Waals surface area contributed by atoms with Crippen LogP contribution in [-0.2, 0) is 22.2 Å². The molecule has 2 rings (SSSR count). The maximum atomic E-state index is 12.5. The highest BCUT2D eigenvalue weighted by atomic mass is 19.4. The summed E-state index contributed by atoms with van der Waals surface area (Å²) in [7, 11) is 1.52. The monoisotopic (exact) mass is 319 g/mol. The number of halogens is 3. The average Bonchev–Trinajstić information content (AvgIpc) is 2.48. The molecule has 0 spiro atoms. The van der Waals surface area contributed by atoms with Crippen LogP contribution >= 0.6 is 0 Å². The molecule has 3 atom stereocenters. The maximum Gasteiger partial charge on any atom is 0.416 e. The number of rotatable bonds is 5. The molecular formula is C15H20F3NO3. The lowest BCUT2D eigenvalue weighted by molar-refractivity contribution is -0.137. The molecule has 0 bridgehead atoms. The molecule has 2 N–H and O–H groups in total. The molecule has 22 heavy (non-hydrogen) atoms. The third-order valence-electron chi connectivity index (χ3n) is 3.80. The number of hydrogen-bond acceptors (Lipinski definition) is 4. The van der Waals surface area contributed by atoms with Crippen LogP contribution in [0.3, 0.4) is 0 Å². The summed E-state index contributed by atoms with van der Waals surface area (Å²) in [4.78, 5) is 0. The van der Waals surface area contributed by atoms with E-state index < -0.39 is 17.8 Å². The standard InChI is InChI=1S/C15H20F3NO3/c1-21-13-9-22-8-11(14(13)20)7-19-6-10-2-4-12(5-3-10)15(16,17)18/h2-5,11,13-14,19-20H,6-9H2,1H3/t11-,13-,14+/m1/s1. The number of alkyl halides is 3. The number of methoxy groups -OCH3 is 1. The lowest BCUT2D eigenvalue weighted by Gasteiger charge is -2.33. The average molecular weight is 319 g/mol. The number of ether oxygens (including phenoxy) is 2. The fourth-order valence-electron chi connectivity index (χ4n) is 2.44. The van der Waals surface area contributed by atoms with Crippen molar-refractivity contribution in [3.63, 3.8) is 0 Å². The Labute approximate surface area is 127 Å². The van der Waals surface area contributed by atoms with Crippen molar-refractivity contribution in [1.82, 2.24) is 5.32 Å².